The Morgan fingerprint density at radius 2 is 2.00 bits per heavy atom. The summed E-state index contributed by atoms with van der Waals surface area (Å²) >= 11 is 11.8. The van der Waals surface area contributed by atoms with Gasteiger partial charge in [-0.1, -0.05) is 35.3 Å². The van der Waals surface area contributed by atoms with Crippen LogP contribution >= 0.6 is 23.2 Å². The number of halogens is 3. The number of nitrogens with zero attached hydrogens (tertiary/aromatic N) is 1. The summed E-state index contributed by atoms with van der Waals surface area (Å²) in [6, 6.07) is 9.55. The molecule has 0 saturated carbocycles. The summed E-state index contributed by atoms with van der Waals surface area (Å²) in [7, 11) is 3.97. The third-order valence-corrected chi connectivity index (χ3v) is 4.03. The highest BCUT2D eigenvalue weighted by atomic mass is 35.5. The van der Waals surface area contributed by atoms with Crippen molar-refractivity contribution in [1.82, 2.24) is 0 Å². The zero-order valence-electron chi connectivity index (χ0n) is 12.9. The van der Waals surface area contributed by atoms with Gasteiger partial charge < -0.3 is 10.0 Å². The van der Waals surface area contributed by atoms with E-state index in [0.29, 0.717) is 17.1 Å². The van der Waals surface area contributed by atoms with Gasteiger partial charge in [0.25, 0.3) is 0 Å². The molecule has 0 unspecified atom stereocenters. The number of rotatable bonds is 5. The molecule has 0 bridgehead atoms. The summed E-state index contributed by atoms with van der Waals surface area (Å²) in [4.78, 5) is 5.49. The molecule has 0 saturated heterocycles. The second-order valence-electron chi connectivity index (χ2n) is 5.50. The molecule has 0 amide bonds. The lowest BCUT2D eigenvalue weighted by molar-refractivity contribution is -0.890. The predicted octanol–water partition coefficient (Wildman–Crippen LogP) is 3.14. The van der Waals surface area contributed by atoms with Crippen LogP contribution in [-0.4, -0.2) is 32.0 Å². The van der Waals surface area contributed by atoms with Gasteiger partial charge in [0.05, 0.1) is 25.7 Å². The van der Waals surface area contributed by atoms with Gasteiger partial charge >= 0.3 is 0 Å². The molecular weight excluding hydrogens is 338 g/mol. The van der Waals surface area contributed by atoms with Crippen LogP contribution in [0.3, 0.4) is 0 Å². The van der Waals surface area contributed by atoms with Gasteiger partial charge in [-0.2, -0.15) is 0 Å². The lowest BCUT2D eigenvalue weighted by Gasteiger charge is -2.20. The highest BCUT2D eigenvalue weighted by Crippen LogP contribution is 2.30. The Balaban J connectivity index is 2.19. The van der Waals surface area contributed by atoms with Gasteiger partial charge in [0.15, 0.2) is 0 Å². The number of nitrogens with one attached hydrogen (secondary N) is 1. The largest absolute Gasteiger partial charge is 0.506 e. The minimum atomic E-state index is -0.267. The topological polar surface area (TPSA) is 37.0 Å². The van der Waals surface area contributed by atoms with Crippen LogP contribution < -0.4 is 4.90 Å². The van der Waals surface area contributed by atoms with E-state index >= 15 is 0 Å². The molecular formula is C17H18Cl2FN2O+. The fourth-order valence-corrected chi connectivity index (χ4v) is 2.79. The molecule has 0 aliphatic carbocycles. The van der Waals surface area contributed by atoms with E-state index in [2.05, 4.69) is 4.99 Å². The zero-order chi connectivity index (χ0) is 17.0. The zero-order valence-corrected chi connectivity index (χ0v) is 14.4. The third kappa shape index (κ3) is 4.67. The maximum atomic E-state index is 13.4. The number of hydrogen-bond acceptors (Lipinski definition) is 2. The molecule has 23 heavy (non-hydrogen) atoms. The van der Waals surface area contributed by atoms with Crippen molar-refractivity contribution < 1.29 is 14.4 Å². The van der Waals surface area contributed by atoms with Crippen LogP contribution in [0, 0.1) is 5.82 Å². The molecule has 0 aliphatic rings. The molecule has 0 aliphatic heterocycles. The number of aliphatic imine (C=N–C) groups is 1. The highest BCUT2D eigenvalue weighted by molar-refractivity contribution is 6.36. The summed E-state index contributed by atoms with van der Waals surface area (Å²) < 4.78 is 13.4. The molecule has 2 aromatic rings. The molecule has 1 atom stereocenters. The van der Waals surface area contributed by atoms with Gasteiger partial charge in [0, 0.05) is 22.4 Å². The summed E-state index contributed by atoms with van der Waals surface area (Å²) in [6.45, 7) is 0.440. The molecule has 2 aromatic carbocycles. The molecule has 0 aromatic heterocycles. The molecule has 0 spiro atoms. The first-order chi connectivity index (χ1) is 10.9. The summed E-state index contributed by atoms with van der Waals surface area (Å²) in [5, 5.41) is 10.5. The van der Waals surface area contributed by atoms with Gasteiger partial charge in [-0.05, 0) is 24.3 Å². The van der Waals surface area contributed by atoms with Gasteiger partial charge in [0.2, 0.25) is 0 Å². The van der Waals surface area contributed by atoms with Crippen LogP contribution in [0.5, 0.6) is 5.75 Å². The van der Waals surface area contributed by atoms with Crippen molar-refractivity contribution in [2.75, 3.05) is 20.6 Å². The second-order valence-corrected chi connectivity index (χ2v) is 6.35. The molecule has 0 heterocycles. The Bertz CT molecular complexity index is 720. The molecule has 2 rings (SSSR count). The molecule has 3 nitrogen and oxygen atoms in total. The lowest BCUT2D eigenvalue weighted by Crippen LogP contribution is -3.06. The van der Waals surface area contributed by atoms with E-state index in [1.54, 1.807) is 12.1 Å². The van der Waals surface area contributed by atoms with E-state index in [-0.39, 0.29) is 22.6 Å². The standard InChI is InChI=1S/C17H17Cl2FN2O/c1-22(2)16(11-4-3-5-14(20)7-11)10-21-9-12-6-13(18)8-15(19)17(12)23/h3-9,16,23H,10H2,1-2H3/p+1/t16-/m1/s1. The van der Waals surface area contributed by atoms with Gasteiger partial charge in [-0.25, -0.2) is 4.39 Å². The fourth-order valence-electron chi connectivity index (χ4n) is 2.29. The number of phenolic OH excluding ortho intramolecular Hbond substituents is 1. The molecule has 0 radical (unpaired) electrons. The summed E-state index contributed by atoms with van der Waals surface area (Å²) in [6.07, 6.45) is 1.53. The van der Waals surface area contributed by atoms with Gasteiger partial charge in [-0.15, -0.1) is 0 Å². The normalized spacial score (nSPS) is 13.0. The Hall–Kier alpha value is -1.62. The molecule has 122 valence electrons. The first kappa shape index (κ1) is 17.7. The first-order valence-corrected chi connectivity index (χ1v) is 7.87. The Morgan fingerprint density at radius 1 is 1.26 bits per heavy atom. The van der Waals surface area contributed by atoms with Crippen LogP contribution in [0.25, 0.3) is 0 Å². The number of hydrogen-bond donors (Lipinski definition) is 2. The van der Waals surface area contributed by atoms with Crippen LogP contribution in [0.15, 0.2) is 41.4 Å². The number of phenols is 1. The van der Waals surface area contributed by atoms with E-state index < -0.39 is 0 Å². The van der Waals surface area contributed by atoms with Crippen molar-refractivity contribution >= 4 is 29.4 Å². The van der Waals surface area contributed by atoms with Crippen molar-refractivity contribution in [1.29, 1.82) is 0 Å². The third-order valence-electron chi connectivity index (χ3n) is 3.52. The average Bonchev–Trinajstić information content (AvgIpc) is 2.47. The number of quaternary nitrogens is 1. The number of likely N-dealkylation sites (N-methyl/N-ethyl adjacent to an activating group) is 1. The number of benzene rings is 2. The Morgan fingerprint density at radius 3 is 2.65 bits per heavy atom. The second kappa shape index (κ2) is 7.77. The van der Waals surface area contributed by atoms with Gasteiger partial charge in [0.1, 0.15) is 17.6 Å². The predicted molar refractivity (Wildman–Crippen MR) is 92.5 cm³/mol. The highest BCUT2D eigenvalue weighted by Gasteiger charge is 2.17. The van der Waals surface area contributed by atoms with Crippen LogP contribution in [0.2, 0.25) is 10.0 Å². The monoisotopic (exact) mass is 355 g/mol. The van der Waals surface area contributed by atoms with Crippen LogP contribution in [-0.2, 0) is 0 Å². The van der Waals surface area contributed by atoms with E-state index in [1.807, 2.05) is 20.2 Å². The summed E-state index contributed by atoms with van der Waals surface area (Å²) in [5.74, 6) is -0.323. The minimum Gasteiger partial charge on any atom is -0.506 e. The van der Waals surface area contributed by atoms with E-state index in [4.69, 9.17) is 23.2 Å². The van der Waals surface area contributed by atoms with Crippen LogP contribution in [0.4, 0.5) is 4.39 Å². The Labute approximate surface area is 145 Å². The summed E-state index contributed by atoms with van der Waals surface area (Å²) in [5.41, 5.74) is 1.32. The molecule has 2 N–H and O–H groups in total. The minimum absolute atomic E-state index is 0.00116. The van der Waals surface area contributed by atoms with E-state index in [9.17, 15) is 9.50 Å². The van der Waals surface area contributed by atoms with Crippen molar-refractivity contribution in [3.8, 4) is 5.75 Å². The maximum Gasteiger partial charge on any atom is 0.143 e. The SMILES string of the molecule is C[NH+](C)[C@H](CN=Cc1cc(Cl)cc(Cl)c1O)c1cccc(F)c1. The molecule has 6 heteroatoms. The van der Waals surface area contributed by atoms with Crippen molar-refractivity contribution in [3.05, 3.63) is 63.4 Å². The maximum absolute atomic E-state index is 13.4. The lowest BCUT2D eigenvalue weighted by atomic mass is 10.1. The van der Waals surface area contributed by atoms with Crippen LogP contribution in [0.1, 0.15) is 17.2 Å². The fraction of sp³-hybridized carbons (Fsp3) is 0.235. The number of aromatic hydroxyl groups is 1. The Kier molecular flexibility index (Phi) is 5.99. The van der Waals surface area contributed by atoms with E-state index in [1.165, 1.54) is 24.4 Å². The van der Waals surface area contributed by atoms with E-state index in [0.717, 1.165) is 10.5 Å². The molecule has 0 fully saturated rings. The van der Waals surface area contributed by atoms with Crippen molar-refractivity contribution in [3.63, 3.8) is 0 Å². The van der Waals surface area contributed by atoms with Crippen molar-refractivity contribution in [2.24, 2.45) is 4.99 Å². The average molecular weight is 356 g/mol. The smallest absolute Gasteiger partial charge is 0.143 e. The van der Waals surface area contributed by atoms with Crippen molar-refractivity contribution in [2.45, 2.75) is 6.04 Å². The quantitative estimate of drug-likeness (QED) is 0.794. The first-order valence-electron chi connectivity index (χ1n) is 7.12. The van der Waals surface area contributed by atoms with Gasteiger partial charge in [-0.3, -0.25) is 4.99 Å².